The van der Waals surface area contributed by atoms with Crippen LogP contribution in [0.3, 0.4) is 0 Å². The largest absolute Gasteiger partial charge is 0.462 e. The maximum atomic E-state index is 12.9. The van der Waals surface area contributed by atoms with Gasteiger partial charge in [0, 0.05) is 19.3 Å². The van der Waals surface area contributed by atoms with Gasteiger partial charge in [-0.15, -0.1) is 0 Å². The van der Waals surface area contributed by atoms with Crippen LogP contribution in [0.25, 0.3) is 0 Å². The van der Waals surface area contributed by atoms with E-state index >= 15 is 0 Å². The fraction of sp³-hybridized carbons (Fsp3) is 0.843. The van der Waals surface area contributed by atoms with E-state index in [1.165, 1.54) is 250 Å². The van der Waals surface area contributed by atoms with Crippen LogP contribution >= 0.6 is 0 Å². The molecular weight excluding hydrogens is 937 g/mol. The van der Waals surface area contributed by atoms with Gasteiger partial charge in [-0.25, -0.2) is 0 Å². The fourth-order valence-electron chi connectivity index (χ4n) is 9.98. The van der Waals surface area contributed by atoms with E-state index in [4.69, 9.17) is 14.2 Å². The summed E-state index contributed by atoms with van der Waals surface area (Å²) in [6.07, 6.45) is 81.3. The average Bonchev–Trinajstić information content (AvgIpc) is 3.42. The molecule has 0 N–H and O–H groups in total. The summed E-state index contributed by atoms with van der Waals surface area (Å²) < 4.78 is 16.9. The van der Waals surface area contributed by atoms with Gasteiger partial charge in [0.25, 0.3) is 0 Å². The molecule has 0 aromatic heterocycles. The number of carbonyl (C=O) groups excluding carboxylic acids is 3. The van der Waals surface area contributed by atoms with Gasteiger partial charge in [-0.2, -0.15) is 0 Å². The molecule has 0 saturated heterocycles. The van der Waals surface area contributed by atoms with Gasteiger partial charge in [-0.3, -0.25) is 14.4 Å². The smallest absolute Gasteiger partial charge is 0.306 e. The summed E-state index contributed by atoms with van der Waals surface area (Å²) >= 11 is 0. The Morgan fingerprint density at radius 2 is 0.474 bits per heavy atom. The molecule has 76 heavy (non-hydrogen) atoms. The first-order chi connectivity index (χ1) is 37.5. The fourth-order valence-corrected chi connectivity index (χ4v) is 9.98. The molecule has 0 aromatic carbocycles. The van der Waals surface area contributed by atoms with E-state index in [2.05, 4.69) is 69.4 Å². The third kappa shape index (κ3) is 62.2. The Bertz CT molecular complexity index is 1310. The van der Waals surface area contributed by atoms with Crippen LogP contribution in [0.2, 0.25) is 0 Å². The molecule has 0 rings (SSSR count). The lowest BCUT2D eigenvalue weighted by molar-refractivity contribution is -0.167. The topological polar surface area (TPSA) is 78.9 Å². The zero-order valence-corrected chi connectivity index (χ0v) is 51.0. The molecule has 0 aliphatic heterocycles. The van der Waals surface area contributed by atoms with Crippen molar-refractivity contribution in [3.63, 3.8) is 0 Å². The van der Waals surface area contributed by atoms with Gasteiger partial charge in [0.1, 0.15) is 13.2 Å². The molecule has 1 atom stereocenters. The third-order valence-electron chi connectivity index (χ3n) is 15.1. The van der Waals surface area contributed by atoms with E-state index in [-0.39, 0.29) is 31.1 Å². The maximum Gasteiger partial charge on any atom is 0.306 e. The lowest BCUT2D eigenvalue weighted by Gasteiger charge is -2.18. The monoisotopic (exact) mass is 1060 g/mol. The van der Waals surface area contributed by atoms with E-state index in [0.717, 1.165) is 70.6 Å². The van der Waals surface area contributed by atoms with Gasteiger partial charge in [-0.05, 0) is 83.5 Å². The van der Waals surface area contributed by atoms with Crippen LogP contribution in [0.1, 0.15) is 361 Å². The number of allylic oxidation sites excluding steroid dienone is 8. The normalized spacial score (nSPS) is 12.3. The Morgan fingerprint density at radius 1 is 0.263 bits per heavy atom. The quantitative estimate of drug-likeness (QED) is 0.0261. The molecule has 1 unspecified atom stereocenters. The Hall–Kier alpha value is -2.63. The summed E-state index contributed by atoms with van der Waals surface area (Å²) in [6.45, 7) is 6.67. The molecule has 0 amide bonds. The van der Waals surface area contributed by atoms with Gasteiger partial charge in [-0.1, -0.05) is 307 Å². The zero-order chi connectivity index (χ0) is 55.0. The van der Waals surface area contributed by atoms with Crippen molar-refractivity contribution in [1.29, 1.82) is 0 Å². The average molecular weight is 1070 g/mol. The van der Waals surface area contributed by atoms with Crippen molar-refractivity contribution in [3.05, 3.63) is 48.6 Å². The van der Waals surface area contributed by atoms with Crippen molar-refractivity contribution in [3.8, 4) is 0 Å². The number of carbonyl (C=O) groups is 3. The van der Waals surface area contributed by atoms with E-state index in [1.807, 2.05) is 0 Å². The summed E-state index contributed by atoms with van der Waals surface area (Å²) in [6, 6.07) is 0. The summed E-state index contributed by atoms with van der Waals surface area (Å²) in [7, 11) is 0. The Morgan fingerprint density at radius 3 is 0.750 bits per heavy atom. The van der Waals surface area contributed by atoms with Crippen LogP contribution in [0, 0.1) is 0 Å². The second-order valence-electron chi connectivity index (χ2n) is 22.7. The van der Waals surface area contributed by atoms with Crippen LogP contribution in [-0.2, 0) is 28.6 Å². The minimum Gasteiger partial charge on any atom is -0.462 e. The molecule has 0 spiro atoms. The third-order valence-corrected chi connectivity index (χ3v) is 15.1. The molecule has 0 bridgehead atoms. The number of unbranched alkanes of at least 4 members (excludes halogenated alkanes) is 43. The molecular formula is C70H128O6. The summed E-state index contributed by atoms with van der Waals surface area (Å²) in [5.74, 6) is -0.856. The van der Waals surface area contributed by atoms with Gasteiger partial charge in [0.15, 0.2) is 6.10 Å². The highest BCUT2D eigenvalue weighted by atomic mass is 16.6. The minimum absolute atomic E-state index is 0.0707. The van der Waals surface area contributed by atoms with E-state index < -0.39 is 6.10 Å². The highest BCUT2D eigenvalue weighted by Gasteiger charge is 2.19. The zero-order valence-electron chi connectivity index (χ0n) is 51.0. The molecule has 0 aliphatic carbocycles. The van der Waals surface area contributed by atoms with Crippen LogP contribution < -0.4 is 0 Å². The molecule has 0 heterocycles. The SMILES string of the molecule is CCCCCCC/C=C\C/C=C\C/C=C\CCCCCCCCCCCCC(=O)OCC(COC(=O)CCCCCCCCCCCC)OC(=O)CCCCCCCCCCCCC/C=C\CCCCCCCCCC. The number of hydrogen-bond acceptors (Lipinski definition) is 6. The Kier molecular flexibility index (Phi) is 62.6. The van der Waals surface area contributed by atoms with Crippen molar-refractivity contribution in [2.45, 2.75) is 367 Å². The molecule has 444 valence electrons. The van der Waals surface area contributed by atoms with E-state index in [9.17, 15) is 14.4 Å². The van der Waals surface area contributed by atoms with Gasteiger partial charge >= 0.3 is 17.9 Å². The first kappa shape index (κ1) is 73.4. The predicted octanol–water partition coefficient (Wildman–Crippen LogP) is 22.9. The predicted molar refractivity (Wildman–Crippen MR) is 330 cm³/mol. The molecule has 0 radical (unpaired) electrons. The van der Waals surface area contributed by atoms with Crippen LogP contribution in [-0.4, -0.2) is 37.2 Å². The van der Waals surface area contributed by atoms with Crippen molar-refractivity contribution in [1.82, 2.24) is 0 Å². The number of ether oxygens (including phenoxy) is 3. The van der Waals surface area contributed by atoms with Crippen LogP contribution in [0.4, 0.5) is 0 Å². The second kappa shape index (κ2) is 64.9. The molecule has 6 heteroatoms. The lowest BCUT2D eigenvalue weighted by Crippen LogP contribution is -2.30. The first-order valence-corrected chi connectivity index (χ1v) is 33.6. The Labute approximate surface area is 473 Å². The lowest BCUT2D eigenvalue weighted by atomic mass is 10.0. The summed E-state index contributed by atoms with van der Waals surface area (Å²) in [5, 5.41) is 0. The first-order valence-electron chi connectivity index (χ1n) is 33.6. The number of esters is 3. The second-order valence-corrected chi connectivity index (χ2v) is 22.7. The highest BCUT2D eigenvalue weighted by Crippen LogP contribution is 2.17. The summed E-state index contributed by atoms with van der Waals surface area (Å²) in [4.78, 5) is 38.3. The van der Waals surface area contributed by atoms with Gasteiger partial charge in [0.2, 0.25) is 0 Å². The van der Waals surface area contributed by atoms with Gasteiger partial charge in [0.05, 0.1) is 0 Å². The van der Waals surface area contributed by atoms with Crippen molar-refractivity contribution in [2.75, 3.05) is 13.2 Å². The standard InChI is InChI=1S/C70H128O6/c1-4-7-10-13-16-19-22-24-26-28-30-32-34-35-37-38-40-42-44-46-48-51-54-57-60-63-69(72)75-66-67(65-74-68(71)62-59-56-53-50-21-18-15-12-9-6-3)76-70(73)64-61-58-55-52-49-47-45-43-41-39-36-33-31-29-27-25-23-20-17-14-11-8-5-2/h22,24,28-31,34-35,67H,4-21,23,25-27,32-33,36-66H2,1-3H3/b24-22-,30-28-,31-29-,35-34-. The van der Waals surface area contributed by atoms with Crippen LogP contribution in [0.15, 0.2) is 48.6 Å². The molecule has 0 saturated carbocycles. The van der Waals surface area contributed by atoms with Crippen molar-refractivity contribution < 1.29 is 28.6 Å². The highest BCUT2D eigenvalue weighted by molar-refractivity contribution is 5.71. The Balaban J connectivity index is 4.21. The molecule has 0 fully saturated rings. The number of hydrogen-bond donors (Lipinski definition) is 0. The number of rotatable bonds is 62. The van der Waals surface area contributed by atoms with Crippen molar-refractivity contribution in [2.24, 2.45) is 0 Å². The van der Waals surface area contributed by atoms with Gasteiger partial charge < -0.3 is 14.2 Å². The molecule has 0 aliphatic rings. The maximum absolute atomic E-state index is 12.9. The van der Waals surface area contributed by atoms with Crippen molar-refractivity contribution >= 4 is 17.9 Å². The van der Waals surface area contributed by atoms with E-state index in [1.54, 1.807) is 0 Å². The summed E-state index contributed by atoms with van der Waals surface area (Å²) in [5.41, 5.74) is 0. The van der Waals surface area contributed by atoms with E-state index in [0.29, 0.717) is 19.3 Å². The van der Waals surface area contributed by atoms with Crippen LogP contribution in [0.5, 0.6) is 0 Å². The molecule has 6 nitrogen and oxygen atoms in total. The molecule has 0 aromatic rings. The minimum atomic E-state index is -0.773.